The zero-order valence-corrected chi connectivity index (χ0v) is 16.5. The van der Waals surface area contributed by atoms with Gasteiger partial charge in [0.2, 0.25) is 0 Å². The Bertz CT molecular complexity index is 513. The molecule has 138 valence electrons. The van der Waals surface area contributed by atoms with Crippen molar-refractivity contribution in [2.45, 2.75) is 97.2 Å². The van der Waals surface area contributed by atoms with Crippen LogP contribution in [0.4, 0.5) is 0 Å². The Kier molecular flexibility index (Phi) is 4.35. The van der Waals surface area contributed by atoms with E-state index in [9.17, 15) is 4.79 Å². The average Bonchev–Trinajstić information content (AvgIpc) is 2.44. The van der Waals surface area contributed by atoms with E-state index < -0.39 is 0 Å². The molecule has 0 spiro atoms. The van der Waals surface area contributed by atoms with Crippen LogP contribution in [0, 0.1) is 22.7 Å². The van der Waals surface area contributed by atoms with Crippen LogP contribution >= 0.6 is 0 Å². The van der Waals surface area contributed by atoms with Gasteiger partial charge in [0.25, 0.3) is 0 Å². The molecule has 3 rings (SSSR count). The van der Waals surface area contributed by atoms with Crippen molar-refractivity contribution in [3.8, 4) is 0 Å². The summed E-state index contributed by atoms with van der Waals surface area (Å²) in [7, 11) is 1.47. The Labute approximate surface area is 147 Å². The topological polar surface area (TPSA) is 35.5 Å². The highest BCUT2D eigenvalue weighted by Crippen LogP contribution is 2.65. The van der Waals surface area contributed by atoms with E-state index >= 15 is 0 Å². The standard InChI is InChI=1S/C21H36O3/c1-18(2)10-7-11-20(4)15(18)9-13-21(5)16(20)8-12-19(3,24-21)14-17(22)23-6/h15-16H,7-14H2,1-6H3. The lowest BCUT2D eigenvalue weighted by atomic mass is 9.44. The van der Waals surface area contributed by atoms with Gasteiger partial charge in [0.05, 0.1) is 24.7 Å². The molecule has 1 aliphatic heterocycles. The van der Waals surface area contributed by atoms with Crippen molar-refractivity contribution < 1.29 is 14.3 Å². The third kappa shape index (κ3) is 2.81. The second-order valence-corrected chi connectivity index (χ2v) is 10.1. The van der Waals surface area contributed by atoms with Crippen LogP contribution < -0.4 is 0 Å². The molecule has 2 aliphatic carbocycles. The summed E-state index contributed by atoms with van der Waals surface area (Å²) in [6.45, 7) is 11.9. The lowest BCUT2D eigenvalue weighted by Crippen LogP contribution is -2.63. The van der Waals surface area contributed by atoms with Gasteiger partial charge in [-0.1, -0.05) is 27.2 Å². The summed E-state index contributed by atoms with van der Waals surface area (Å²) in [6, 6.07) is 0. The molecule has 5 unspecified atom stereocenters. The number of hydrogen-bond donors (Lipinski definition) is 0. The van der Waals surface area contributed by atoms with Crippen LogP contribution in [-0.2, 0) is 14.3 Å². The molecular weight excluding hydrogens is 300 g/mol. The molecule has 3 nitrogen and oxygen atoms in total. The Morgan fingerprint density at radius 2 is 1.67 bits per heavy atom. The first kappa shape index (κ1) is 18.2. The first-order valence-corrected chi connectivity index (χ1v) is 9.82. The highest BCUT2D eigenvalue weighted by Gasteiger charge is 2.61. The Balaban J connectivity index is 1.85. The van der Waals surface area contributed by atoms with Gasteiger partial charge in [-0.25, -0.2) is 0 Å². The highest BCUT2D eigenvalue weighted by atomic mass is 16.5. The molecule has 0 amide bonds. The van der Waals surface area contributed by atoms with Crippen LogP contribution in [-0.4, -0.2) is 24.3 Å². The quantitative estimate of drug-likeness (QED) is 0.657. The maximum atomic E-state index is 11.8. The molecule has 3 aliphatic rings. The van der Waals surface area contributed by atoms with E-state index in [1.54, 1.807) is 0 Å². The number of rotatable bonds is 2. The van der Waals surface area contributed by atoms with E-state index in [0.29, 0.717) is 23.2 Å². The molecular formula is C21H36O3. The predicted molar refractivity (Wildman–Crippen MR) is 95.7 cm³/mol. The van der Waals surface area contributed by atoms with Crippen molar-refractivity contribution in [3.05, 3.63) is 0 Å². The van der Waals surface area contributed by atoms with Crippen molar-refractivity contribution in [1.29, 1.82) is 0 Å². The normalized spacial score (nSPS) is 47.4. The number of fused-ring (bicyclic) bond motifs is 3. The van der Waals surface area contributed by atoms with Gasteiger partial charge in [-0.15, -0.1) is 0 Å². The summed E-state index contributed by atoms with van der Waals surface area (Å²) < 4.78 is 11.6. The lowest BCUT2D eigenvalue weighted by Gasteiger charge is -2.65. The van der Waals surface area contributed by atoms with Crippen molar-refractivity contribution in [3.63, 3.8) is 0 Å². The molecule has 3 heteroatoms. The molecule has 5 atom stereocenters. The smallest absolute Gasteiger partial charge is 0.308 e. The van der Waals surface area contributed by atoms with Gasteiger partial charge in [-0.2, -0.15) is 0 Å². The van der Waals surface area contributed by atoms with Crippen LogP contribution in [0.3, 0.4) is 0 Å². The third-order valence-electron chi connectivity index (χ3n) is 7.93. The number of ether oxygens (including phenoxy) is 2. The molecule has 1 heterocycles. The minimum absolute atomic E-state index is 0.0975. The Hall–Kier alpha value is -0.570. The zero-order chi connectivity index (χ0) is 17.8. The first-order valence-electron chi connectivity index (χ1n) is 9.82. The second-order valence-electron chi connectivity index (χ2n) is 10.1. The maximum absolute atomic E-state index is 11.8. The van der Waals surface area contributed by atoms with Gasteiger partial charge in [-0.05, 0) is 75.0 Å². The third-order valence-corrected chi connectivity index (χ3v) is 7.93. The summed E-state index contributed by atoms with van der Waals surface area (Å²) in [5.41, 5.74) is 0.355. The second kappa shape index (κ2) is 5.72. The van der Waals surface area contributed by atoms with Gasteiger partial charge in [0, 0.05) is 0 Å². The number of hydrogen-bond acceptors (Lipinski definition) is 3. The largest absolute Gasteiger partial charge is 0.469 e. The SMILES string of the molecule is COC(=O)CC1(C)CCC2C(C)(CCC3C(C)(C)CCCC32C)O1. The van der Waals surface area contributed by atoms with Crippen LogP contribution in [0.1, 0.15) is 86.0 Å². The molecule has 0 bridgehead atoms. The van der Waals surface area contributed by atoms with E-state index in [0.717, 1.165) is 18.8 Å². The van der Waals surface area contributed by atoms with E-state index in [2.05, 4.69) is 34.6 Å². The monoisotopic (exact) mass is 336 g/mol. The summed E-state index contributed by atoms with van der Waals surface area (Å²) in [6.07, 6.45) is 8.92. The first-order chi connectivity index (χ1) is 11.0. The lowest BCUT2D eigenvalue weighted by molar-refractivity contribution is -0.266. The predicted octanol–water partition coefficient (Wildman–Crippen LogP) is 5.12. The summed E-state index contributed by atoms with van der Waals surface area (Å²) in [5, 5.41) is 0. The van der Waals surface area contributed by atoms with Crippen molar-refractivity contribution in [1.82, 2.24) is 0 Å². The van der Waals surface area contributed by atoms with E-state index in [1.165, 1.54) is 39.2 Å². The van der Waals surface area contributed by atoms with Crippen LogP contribution in [0.25, 0.3) is 0 Å². The van der Waals surface area contributed by atoms with E-state index in [1.807, 2.05) is 0 Å². The van der Waals surface area contributed by atoms with Gasteiger partial charge in [0.15, 0.2) is 0 Å². The van der Waals surface area contributed by atoms with Crippen LogP contribution in [0.5, 0.6) is 0 Å². The number of carbonyl (C=O) groups excluding carboxylic acids is 1. The fourth-order valence-corrected chi connectivity index (χ4v) is 6.93. The van der Waals surface area contributed by atoms with Gasteiger partial charge < -0.3 is 9.47 Å². The molecule has 0 aromatic heterocycles. The van der Waals surface area contributed by atoms with E-state index in [4.69, 9.17) is 9.47 Å². The molecule has 24 heavy (non-hydrogen) atoms. The molecule has 1 saturated heterocycles. The minimum Gasteiger partial charge on any atom is -0.469 e. The number of carbonyl (C=O) groups is 1. The fourth-order valence-electron chi connectivity index (χ4n) is 6.93. The molecule has 0 aromatic rings. The Morgan fingerprint density at radius 1 is 1.00 bits per heavy atom. The zero-order valence-electron chi connectivity index (χ0n) is 16.5. The maximum Gasteiger partial charge on any atom is 0.308 e. The fraction of sp³-hybridized carbons (Fsp3) is 0.952. The highest BCUT2D eigenvalue weighted by molar-refractivity contribution is 5.70. The molecule has 0 N–H and O–H groups in total. The average molecular weight is 337 g/mol. The Morgan fingerprint density at radius 3 is 2.33 bits per heavy atom. The van der Waals surface area contributed by atoms with Crippen molar-refractivity contribution >= 4 is 5.97 Å². The van der Waals surface area contributed by atoms with Crippen molar-refractivity contribution in [2.75, 3.05) is 7.11 Å². The molecule has 0 aromatic carbocycles. The van der Waals surface area contributed by atoms with Gasteiger partial charge in [0.1, 0.15) is 0 Å². The van der Waals surface area contributed by atoms with Crippen LogP contribution in [0.2, 0.25) is 0 Å². The summed E-state index contributed by atoms with van der Waals surface area (Å²) in [4.78, 5) is 11.8. The van der Waals surface area contributed by atoms with Gasteiger partial charge in [-0.3, -0.25) is 4.79 Å². The van der Waals surface area contributed by atoms with Gasteiger partial charge >= 0.3 is 5.97 Å². The van der Waals surface area contributed by atoms with Crippen molar-refractivity contribution in [2.24, 2.45) is 22.7 Å². The molecule has 3 fully saturated rings. The minimum atomic E-state index is -0.369. The van der Waals surface area contributed by atoms with E-state index in [-0.39, 0.29) is 17.2 Å². The van der Waals surface area contributed by atoms with Crippen LogP contribution in [0.15, 0.2) is 0 Å². The summed E-state index contributed by atoms with van der Waals surface area (Å²) in [5.74, 6) is 1.25. The number of methoxy groups -OCH3 is 1. The number of esters is 1. The molecule has 2 saturated carbocycles. The molecule has 0 radical (unpaired) electrons. The summed E-state index contributed by atoms with van der Waals surface area (Å²) >= 11 is 0.